The van der Waals surface area contributed by atoms with Gasteiger partial charge in [-0.1, -0.05) is 41.5 Å². The van der Waals surface area contributed by atoms with Crippen LogP contribution < -0.4 is 5.32 Å². The van der Waals surface area contributed by atoms with Crippen LogP contribution in [0, 0.1) is 17.3 Å². The van der Waals surface area contributed by atoms with E-state index < -0.39 is 0 Å². The Kier molecular flexibility index (Phi) is 7.25. The van der Waals surface area contributed by atoms with E-state index in [-0.39, 0.29) is 0 Å². The Bertz CT molecular complexity index is 144. The van der Waals surface area contributed by atoms with Crippen molar-refractivity contribution in [3.05, 3.63) is 0 Å². The Balaban J connectivity index is 3.36. The van der Waals surface area contributed by atoms with Gasteiger partial charge in [0.25, 0.3) is 0 Å². The molecule has 0 radical (unpaired) electrons. The Morgan fingerprint density at radius 3 is 1.93 bits per heavy atom. The second-order valence-corrected chi connectivity index (χ2v) is 6.59. The van der Waals surface area contributed by atoms with Crippen LogP contribution in [0.5, 0.6) is 0 Å². The molecule has 0 saturated carbocycles. The minimum Gasteiger partial charge on any atom is -0.317 e. The van der Waals surface area contributed by atoms with Crippen molar-refractivity contribution in [3.63, 3.8) is 0 Å². The normalized spacial score (nSPS) is 14.6. The second kappa shape index (κ2) is 7.27. The molecule has 0 spiro atoms. The second-order valence-electron chi connectivity index (χ2n) is 6.59. The molecule has 0 aromatic rings. The summed E-state index contributed by atoms with van der Waals surface area (Å²) in [6.45, 7) is 16.3. The first-order valence-electron chi connectivity index (χ1n) is 6.52. The third-order valence-electron chi connectivity index (χ3n) is 2.67. The predicted molar refractivity (Wildman–Crippen MR) is 70.2 cm³/mol. The summed E-state index contributed by atoms with van der Waals surface area (Å²) in [5.74, 6) is 1.67. The zero-order chi connectivity index (χ0) is 11.9. The molecular weight excluding hydrogens is 182 g/mol. The van der Waals surface area contributed by atoms with Crippen molar-refractivity contribution in [3.8, 4) is 0 Å². The van der Waals surface area contributed by atoms with Crippen molar-refractivity contribution >= 4 is 0 Å². The molecule has 0 aromatic heterocycles. The molecular formula is C14H31N. The molecule has 0 aliphatic carbocycles. The highest BCUT2D eigenvalue weighted by Crippen LogP contribution is 2.25. The van der Waals surface area contributed by atoms with E-state index in [1.54, 1.807) is 0 Å². The third kappa shape index (κ3) is 11.9. The highest BCUT2D eigenvalue weighted by atomic mass is 14.8. The van der Waals surface area contributed by atoms with Crippen molar-refractivity contribution in [2.75, 3.05) is 13.1 Å². The predicted octanol–water partition coefficient (Wildman–Crippen LogP) is 4.08. The summed E-state index contributed by atoms with van der Waals surface area (Å²) in [5.41, 5.74) is 0.483. The van der Waals surface area contributed by atoms with Crippen LogP contribution in [-0.4, -0.2) is 13.1 Å². The average Bonchev–Trinajstić information content (AvgIpc) is 1.99. The van der Waals surface area contributed by atoms with Crippen LogP contribution in [0.3, 0.4) is 0 Å². The first-order chi connectivity index (χ1) is 6.81. The van der Waals surface area contributed by atoms with Gasteiger partial charge in [0.1, 0.15) is 0 Å². The van der Waals surface area contributed by atoms with Crippen LogP contribution in [0.1, 0.15) is 60.8 Å². The molecule has 0 amide bonds. The van der Waals surface area contributed by atoms with Crippen molar-refractivity contribution in [2.24, 2.45) is 17.3 Å². The molecule has 0 aromatic carbocycles. The lowest BCUT2D eigenvalue weighted by Gasteiger charge is -2.23. The van der Waals surface area contributed by atoms with Gasteiger partial charge in [-0.15, -0.1) is 0 Å². The lowest BCUT2D eigenvalue weighted by molar-refractivity contribution is 0.294. The van der Waals surface area contributed by atoms with Gasteiger partial charge < -0.3 is 5.32 Å². The number of rotatable bonds is 7. The van der Waals surface area contributed by atoms with Gasteiger partial charge in [0.2, 0.25) is 0 Å². The molecule has 0 aliphatic heterocycles. The standard InChI is InChI=1S/C14H31N/c1-12(2)7-9-15-10-8-13(3)11-14(4,5)6/h12-13,15H,7-11H2,1-6H3. The minimum atomic E-state index is 0.483. The van der Waals surface area contributed by atoms with E-state index >= 15 is 0 Å². The highest BCUT2D eigenvalue weighted by molar-refractivity contribution is 4.67. The molecule has 0 saturated heterocycles. The molecule has 1 nitrogen and oxygen atoms in total. The fraction of sp³-hybridized carbons (Fsp3) is 1.00. The number of hydrogen-bond donors (Lipinski definition) is 1. The van der Waals surface area contributed by atoms with Gasteiger partial charge in [0, 0.05) is 0 Å². The van der Waals surface area contributed by atoms with E-state index in [1.807, 2.05) is 0 Å². The largest absolute Gasteiger partial charge is 0.317 e. The molecule has 0 heterocycles. The van der Waals surface area contributed by atoms with Crippen molar-refractivity contribution in [2.45, 2.75) is 60.8 Å². The van der Waals surface area contributed by atoms with Crippen LogP contribution in [0.2, 0.25) is 0 Å². The van der Waals surface area contributed by atoms with Gasteiger partial charge in [0.05, 0.1) is 0 Å². The van der Waals surface area contributed by atoms with Gasteiger partial charge in [-0.05, 0) is 49.6 Å². The van der Waals surface area contributed by atoms with Gasteiger partial charge in [-0.2, -0.15) is 0 Å². The van der Waals surface area contributed by atoms with Crippen LogP contribution in [0.25, 0.3) is 0 Å². The summed E-state index contributed by atoms with van der Waals surface area (Å²) in [6, 6.07) is 0. The third-order valence-corrected chi connectivity index (χ3v) is 2.67. The monoisotopic (exact) mass is 213 g/mol. The number of nitrogens with one attached hydrogen (secondary N) is 1. The van der Waals surface area contributed by atoms with E-state index in [2.05, 4.69) is 46.9 Å². The highest BCUT2D eigenvalue weighted by Gasteiger charge is 2.14. The summed E-state index contributed by atoms with van der Waals surface area (Å²) in [6.07, 6.45) is 3.95. The molecule has 1 atom stereocenters. The van der Waals surface area contributed by atoms with Gasteiger partial charge in [0.15, 0.2) is 0 Å². The fourth-order valence-electron chi connectivity index (χ4n) is 2.01. The Morgan fingerprint density at radius 1 is 0.933 bits per heavy atom. The zero-order valence-electron chi connectivity index (χ0n) is 11.7. The number of hydrogen-bond acceptors (Lipinski definition) is 1. The van der Waals surface area contributed by atoms with E-state index in [4.69, 9.17) is 0 Å². The molecule has 15 heavy (non-hydrogen) atoms. The van der Waals surface area contributed by atoms with E-state index in [0.717, 1.165) is 11.8 Å². The van der Waals surface area contributed by atoms with Crippen molar-refractivity contribution < 1.29 is 0 Å². The van der Waals surface area contributed by atoms with Crippen LogP contribution in [0.15, 0.2) is 0 Å². The maximum atomic E-state index is 3.53. The maximum absolute atomic E-state index is 3.53. The zero-order valence-corrected chi connectivity index (χ0v) is 11.7. The fourth-order valence-corrected chi connectivity index (χ4v) is 2.01. The quantitative estimate of drug-likeness (QED) is 0.628. The Morgan fingerprint density at radius 2 is 1.47 bits per heavy atom. The maximum Gasteiger partial charge on any atom is -0.00464 e. The van der Waals surface area contributed by atoms with Gasteiger partial charge >= 0.3 is 0 Å². The molecule has 0 bridgehead atoms. The van der Waals surface area contributed by atoms with Crippen LogP contribution in [0.4, 0.5) is 0 Å². The van der Waals surface area contributed by atoms with Crippen molar-refractivity contribution in [1.82, 2.24) is 5.32 Å². The van der Waals surface area contributed by atoms with E-state index in [1.165, 1.54) is 32.4 Å². The first kappa shape index (κ1) is 15.0. The molecule has 1 heteroatoms. The molecule has 1 N–H and O–H groups in total. The summed E-state index contributed by atoms with van der Waals surface area (Å²) in [7, 11) is 0. The summed E-state index contributed by atoms with van der Waals surface area (Å²) >= 11 is 0. The lowest BCUT2D eigenvalue weighted by Crippen LogP contribution is -2.21. The Hall–Kier alpha value is -0.0400. The molecule has 1 unspecified atom stereocenters. The van der Waals surface area contributed by atoms with Gasteiger partial charge in [-0.3, -0.25) is 0 Å². The summed E-state index contributed by atoms with van der Waals surface area (Å²) in [4.78, 5) is 0. The smallest absolute Gasteiger partial charge is 0.00464 e. The topological polar surface area (TPSA) is 12.0 Å². The minimum absolute atomic E-state index is 0.483. The van der Waals surface area contributed by atoms with Crippen LogP contribution >= 0.6 is 0 Å². The van der Waals surface area contributed by atoms with Crippen molar-refractivity contribution in [1.29, 1.82) is 0 Å². The molecule has 92 valence electrons. The Labute approximate surface area is 97.0 Å². The van der Waals surface area contributed by atoms with Crippen LogP contribution in [-0.2, 0) is 0 Å². The average molecular weight is 213 g/mol. The molecule has 0 fully saturated rings. The molecule has 0 rings (SSSR count). The SMILES string of the molecule is CC(C)CCNCCC(C)CC(C)(C)C. The van der Waals surface area contributed by atoms with E-state index in [0.29, 0.717) is 5.41 Å². The summed E-state index contributed by atoms with van der Waals surface area (Å²) in [5, 5.41) is 3.53. The first-order valence-corrected chi connectivity index (χ1v) is 6.52. The lowest BCUT2D eigenvalue weighted by atomic mass is 9.84. The molecule has 0 aliphatic rings. The van der Waals surface area contributed by atoms with E-state index in [9.17, 15) is 0 Å². The van der Waals surface area contributed by atoms with Gasteiger partial charge in [-0.25, -0.2) is 0 Å². The summed E-state index contributed by atoms with van der Waals surface area (Å²) < 4.78 is 0.